The highest BCUT2D eigenvalue weighted by atomic mass is 31.2. The maximum absolute atomic E-state index is 13.0. The normalized spacial score (nSPS) is 18.3. The van der Waals surface area contributed by atoms with Crippen LogP contribution in [-0.2, 0) is 14.1 Å². The standard InChI is InChI=1S/C27H31F2N4O5P/c1-16-11-23(32-25(12-16)33-24-13-20(26(28)29)9-10-30-24)21-7-8-22(31-14-21)17(2)18-3-5-19(6-4-18)27(34)37-15-38-39(35)36/h7-14,17-19,26,35-36H,3-6,15H2,1-2H3,(H,30,32,33)/t17-,18?,19?/m0/s1. The SMILES string of the molecule is Cc1cc(Nc2cc(C(F)F)ccn2)nc(-c2ccc([C@@H](C)C3CCC(C(=O)OCOP(O)O)CC3)nc2)c1. The van der Waals surface area contributed by atoms with E-state index in [1.807, 2.05) is 31.2 Å². The number of carbonyl (C=O) groups is 1. The lowest BCUT2D eigenvalue weighted by Crippen LogP contribution is -2.26. The molecule has 1 saturated carbocycles. The molecule has 1 aliphatic carbocycles. The molecule has 0 aromatic carbocycles. The number of aryl methyl sites for hydroxylation is 1. The zero-order chi connectivity index (χ0) is 27.9. The predicted molar refractivity (Wildman–Crippen MR) is 142 cm³/mol. The number of carbonyl (C=O) groups excluding carboxylic acids is 1. The number of nitrogens with zero attached hydrogens (tertiary/aromatic N) is 3. The molecule has 0 radical (unpaired) electrons. The van der Waals surface area contributed by atoms with E-state index in [9.17, 15) is 13.6 Å². The van der Waals surface area contributed by atoms with Crippen molar-refractivity contribution in [3.8, 4) is 11.3 Å². The van der Waals surface area contributed by atoms with Crippen LogP contribution in [-0.4, -0.2) is 37.5 Å². The molecule has 0 aliphatic heterocycles. The molecule has 1 fully saturated rings. The van der Waals surface area contributed by atoms with E-state index in [1.165, 1.54) is 18.3 Å². The summed E-state index contributed by atoms with van der Waals surface area (Å²) in [4.78, 5) is 43.1. The van der Waals surface area contributed by atoms with Gasteiger partial charge < -0.3 is 19.8 Å². The molecule has 39 heavy (non-hydrogen) atoms. The van der Waals surface area contributed by atoms with Crippen LogP contribution in [0.15, 0.2) is 48.8 Å². The van der Waals surface area contributed by atoms with Crippen LogP contribution in [0.1, 0.15) is 61.8 Å². The lowest BCUT2D eigenvalue weighted by Gasteiger charge is -2.31. The Kier molecular flexibility index (Phi) is 9.85. The second-order valence-electron chi connectivity index (χ2n) is 9.65. The van der Waals surface area contributed by atoms with Crippen LogP contribution >= 0.6 is 8.60 Å². The Morgan fingerprint density at radius 3 is 2.54 bits per heavy atom. The van der Waals surface area contributed by atoms with Crippen molar-refractivity contribution in [1.29, 1.82) is 0 Å². The third-order valence-corrected chi connectivity index (χ3v) is 7.33. The van der Waals surface area contributed by atoms with Gasteiger partial charge in [-0.3, -0.25) is 14.3 Å². The van der Waals surface area contributed by atoms with Crippen molar-refractivity contribution >= 4 is 26.2 Å². The monoisotopic (exact) mass is 560 g/mol. The summed E-state index contributed by atoms with van der Waals surface area (Å²) in [5, 5.41) is 3.01. The minimum Gasteiger partial charge on any atom is -0.438 e. The lowest BCUT2D eigenvalue weighted by atomic mass is 9.75. The van der Waals surface area contributed by atoms with E-state index in [-0.39, 0.29) is 23.4 Å². The minimum absolute atomic E-state index is 0.114. The maximum Gasteiger partial charge on any atom is 0.330 e. The van der Waals surface area contributed by atoms with Crippen molar-refractivity contribution < 1.29 is 32.6 Å². The van der Waals surface area contributed by atoms with Crippen LogP contribution in [0.4, 0.5) is 20.4 Å². The molecule has 4 rings (SSSR count). The van der Waals surface area contributed by atoms with Crippen molar-refractivity contribution in [2.75, 3.05) is 12.1 Å². The molecule has 12 heteroatoms. The maximum atomic E-state index is 13.0. The first-order chi connectivity index (χ1) is 18.7. The van der Waals surface area contributed by atoms with Crippen LogP contribution in [0.3, 0.4) is 0 Å². The van der Waals surface area contributed by atoms with Gasteiger partial charge in [0.2, 0.25) is 6.79 Å². The van der Waals surface area contributed by atoms with Gasteiger partial charge in [0.05, 0.1) is 11.6 Å². The number of aromatic nitrogens is 3. The largest absolute Gasteiger partial charge is 0.438 e. The first-order valence-corrected chi connectivity index (χ1v) is 13.8. The zero-order valence-corrected chi connectivity index (χ0v) is 22.5. The molecule has 0 bridgehead atoms. The Morgan fingerprint density at radius 2 is 1.87 bits per heavy atom. The Hall–Kier alpha value is -3.11. The van der Waals surface area contributed by atoms with Crippen LogP contribution in [0.5, 0.6) is 0 Å². The summed E-state index contributed by atoms with van der Waals surface area (Å²) < 4.78 is 35.6. The number of hydrogen-bond acceptors (Lipinski definition) is 9. The van der Waals surface area contributed by atoms with Gasteiger partial charge in [0.15, 0.2) is 0 Å². The number of halogens is 2. The van der Waals surface area contributed by atoms with Gasteiger partial charge in [-0.05, 0) is 80.5 Å². The zero-order valence-electron chi connectivity index (χ0n) is 21.6. The number of ether oxygens (including phenoxy) is 1. The van der Waals surface area contributed by atoms with Crippen molar-refractivity contribution in [2.24, 2.45) is 11.8 Å². The van der Waals surface area contributed by atoms with E-state index >= 15 is 0 Å². The molecule has 0 amide bonds. The van der Waals surface area contributed by atoms with E-state index in [0.29, 0.717) is 36.1 Å². The van der Waals surface area contributed by atoms with Gasteiger partial charge in [-0.1, -0.05) is 6.92 Å². The van der Waals surface area contributed by atoms with Crippen molar-refractivity contribution in [1.82, 2.24) is 15.0 Å². The molecule has 9 nitrogen and oxygen atoms in total. The lowest BCUT2D eigenvalue weighted by molar-refractivity contribution is -0.156. The number of alkyl halides is 2. The van der Waals surface area contributed by atoms with Gasteiger partial charge >= 0.3 is 14.6 Å². The fourth-order valence-electron chi connectivity index (χ4n) is 4.83. The third-order valence-electron chi connectivity index (χ3n) is 6.99. The number of nitrogens with one attached hydrogen (secondary N) is 1. The molecule has 3 N–H and O–H groups in total. The first-order valence-electron chi connectivity index (χ1n) is 12.6. The molecule has 3 aromatic rings. The molecule has 0 spiro atoms. The summed E-state index contributed by atoms with van der Waals surface area (Å²) in [6.07, 6.45) is 3.63. The van der Waals surface area contributed by atoms with Gasteiger partial charge in [-0.15, -0.1) is 0 Å². The molecular formula is C27H31F2N4O5P. The summed E-state index contributed by atoms with van der Waals surface area (Å²) in [5.41, 5.74) is 3.32. The number of esters is 1. The molecule has 1 aliphatic rings. The van der Waals surface area contributed by atoms with Crippen LogP contribution < -0.4 is 5.32 Å². The summed E-state index contributed by atoms with van der Waals surface area (Å²) >= 11 is 0. The molecule has 0 unspecified atom stereocenters. The predicted octanol–water partition coefficient (Wildman–Crippen LogP) is 6.17. The molecule has 0 saturated heterocycles. The Labute approximate surface area is 226 Å². The summed E-state index contributed by atoms with van der Waals surface area (Å²) in [5.74, 6) is 0.756. The Bertz CT molecular complexity index is 1260. The Balaban J connectivity index is 1.37. The second kappa shape index (κ2) is 13.3. The Morgan fingerprint density at radius 1 is 1.10 bits per heavy atom. The molecule has 3 aromatic heterocycles. The third kappa shape index (κ3) is 7.95. The number of rotatable bonds is 10. The van der Waals surface area contributed by atoms with Gasteiger partial charge in [-0.25, -0.2) is 18.7 Å². The van der Waals surface area contributed by atoms with Crippen molar-refractivity contribution in [3.05, 3.63) is 65.6 Å². The average molecular weight is 561 g/mol. The van der Waals surface area contributed by atoms with Crippen LogP contribution in [0.2, 0.25) is 0 Å². The van der Waals surface area contributed by atoms with E-state index in [1.54, 1.807) is 6.20 Å². The summed E-state index contributed by atoms with van der Waals surface area (Å²) in [6.45, 7) is 3.61. The minimum atomic E-state index is -2.58. The van der Waals surface area contributed by atoms with Gasteiger partial charge in [0.25, 0.3) is 6.43 Å². The molecule has 1 atom stereocenters. The van der Waals surface area contributed by atoms with Gasteiger partial charge in [0, 0.05) is 35.1 Å². The highest BCUT2D eigenvalue weighted by Crippen LogP contribution is 2.38. The fourth-order valence-corrected chi connectivity index (χ4v) is 4.98. The molecular weight excluding hydrogens is 529 g/mol. The number of pyridine rings is 3. The van der Waals surface area contributed by atoms with E-state index < -0.39 is 21.8 Å². The fraction of sp³-hybridized carbons (Fsp3) is 0.407. The molecule has 208 valence electrons. The summed E-state index contributed by atoms with van der Waals surface area (Å²) in [7, 11) is -2.54. The topological polar surface area (TPSA) is 127 Å². The second-order valence-corrected chi connectivity index (χ2v) is 10.4. The smallest absolute Gasteiger partial charge is 0.330 e. The van der Waals surface area contributed by atoms with Crippen LogP contribution in [0, 0.1) is 18.8 Å². The van der Waals surface area contributed by atoms with Gasteiger partial charge in [-0.2, -0.15) is 0 Å². The first kappa shape index (κ1) is 28.9. The van der Waals surface area contributed by atoms with E-state index in [0.717, 1.165) is 29.7 Å². The quantitative estimate of drug-likeness (QED) is 0.152. The number of anilines is 2. The van der Waals surface area contributed by atoms with E-state index in [4.69, 9.17) is 19.5 Å². The van der Waals surface area contributed by atoms with Gasteiger partial charge in [0.1, 0.15) is 11.6 Å². The average Bonchev–Trinajstić information content (AvgIpc) is 2.92. The summed E-state index contributed by atoms with van der Waals surface area (Å²) in [6, 6.07) is 10.3. The number of hydrogen-bond donors (Lipinski definition) is 3. The van der Waals surface area contributed by atoms with Crippen LogP contribution in [0.25, 0.3) is 11.3 Å². The van der Waals surface area contributed by atoms with Crippen molar-refractivity contribution in [3.63, 3.8) is 0 Å². The molecule has 3 heterocycles. The highest BCUT2D eigenvalue weighted by Gasteiger charge is 2.31. The highest BCUT2D eigenvalue weighted by molar-refractivity contribution is 7.39. The van der Waals surface area contributed by atoms with Crippen molar-refractivity contribution in [2.45, 2.75) is 51.9 Å². The van der Waals surface area contributed by atoms with E-state index in [2.05, 4.69) is 26.7 Å².